The van der Waals surface area contributed by atoms with Crippen LogP contribution in [0.25, 0.3) is 0 Å². The Balaban J connectivity index is 1.95. The van der Waals surface area contributed by atoms with Gasteiger partial charge in [0.1, 0.15) is 5.82 Å². The van der Waals surface area contributed by atoms with Gasteiger partial charge in [-0.05, 0) is 43.2 Å². The van der Waals surface area contributed by atoms with E-state index in [1.807, 2.05) is 0 Å². The zero-order valence-electron chi connectivity index (χ0n) is 8.35. The summed E-state index contributed by atoms with van der Waals surface area (Å²) in [6, 6.07) is 5.12. The lowest BCUT2D eigenvalue weighted by Crippen LogP contribution is -2.04. The molecule has 0 amide bonds. The topological polar surface area (TPSA) is 0 Å². The molecule has 0 aromatic heterocycles. The van der Waals surface area contributed by atoms with Gasteiger partial charge in [0.15, 0.2) is 0 Å². The first kappa shape index (κ1) is 11.2. The van der Waals surface area contributed by atoms with Crippen molar-refractivity contribution in [2.75, 3.05) is 0 Å². The minimum Gasteiger partial charge on any atom is -0.205 e. The predicted octanol–water partition coefficient (Wildman–Crippen LogP) is 4.43. The van der Waals surface area contributed by atoms with E-state index in [2.05, 4.69) is 0 Å². The lowest BCUT2D eigenvalue weighted by molar-refractivity contribution is 0.595. The maximum absolute atomic E-state index is 13.5. The molecule has 0 radical (unpaired) electrons. The van der Waals surface area contributed by atoms with Crippen molar-refractivity contribution in [3.05, 3.63) is 34.6 Å². The van der Waals surface area contributed by atoms with Gasteiger partial charge in [-0.25, -0.2) is 4.39 Å². The van der Waals surface area contributed by atoms with Crippen molar-refractivity contribution in [1.82, 2.24) is 0 Å². The van der Waals surface area contributed by atoms with Gasteiger partial charge in [-0.1, -0.05) is 23.7 Å². The average Bonchev–Trinajstić information content (AvgIpc) is 3.03. The third-order valence-electron chi connectivity index (χ3n) is 2.85. The molecular formula is C12H13Cl2F. The molecule has 82 valence electrons. The first-order valence-electron chi connectivity index (χ1n) is 5.25. The van der Waals surface area contributed by atoms with Crippen LogP contribution in [0.4, 0.5) is 4.39 Å². The Morgan fingerprint density at radius 1 is 1.40 bits per heavy atom. The van der Waals surface area contributed by atoms with Crippen LogP contribution >= 0.6 is 23.2 Å². The van der Waals surface area contributed by atoms with Crippen LogP contribution in [0.5, 0.6) is 0 Å². The minimum atomic E-state index is -0.293. The molecular weight excluding hydrogens is 234 g/mol. The van der Waals surface area contributed by atoms with E-state index in [9.17, 15) is 4.39 Å². The fourth-order valence-corrected chi connectivity index (χ4v) is 2.28. The summed E-state index contributed by atoms with van der Waals surface area (Å²) in [5.41, 5.74) is 0.675. The van der Waals surface area contributed by atoms with Gasteiger partial charge in [-0.3, -0.25) is 0 Å². The molecule has 0 nitrogen and oxygen atoms in total. The number of rotatable bonds is 4. The number of aryl methyl sites for hydroxylation is 1. The normalized spacial score (nSPS) is 17.8. The van der Waals surface area contributed by atoms with Crippen LogP contribution in [0.1, 0.15) is 24.8 Å². The van der Waals surface area contributed by atoms with Gasteiger partial charge >= 0.3 is 0 Å². The highest BCUT2D eigenvalue weighted by atomic mass is 35.5. The SMILES string of the molecule is Fc1c(Cl)cccc1CCC(Cl)C1CC1. The number of hydrogen-bond acceptors (Lipinski definition) is 0. The summed E-state index contributed by atoms with van der Waals surface area (Å²) >= 11 is 11.9. The predicted molar refractivity (Wildman–Crippen MR) is 62.1 cm³/mol. The van der Waals surface area contributed by atoms with Gasteiger partial charge in [0.05, 0.1) is 5.02 Å². The van der Waals surface area contributed by atoms with Gasteiger partial charge in [-0.2, -0.15) is 0 Å². The van der Waals surface area contributed by atoms with Gasteiger partial charge < -0.3 is 0 Å². The van der Waals surface area contributed by atoms with E-state index in [-0.39, 0.29) is 16.2 Å². The number of halogens is 3. The van der Waals surface area contributed by atoms with Crippen LogP contribution in [0.15, 0.2) is 18.2 Å². The number of alkyl halides is 1. The van der Waals surface area contributed by atoms with Crippen molar-refractivity contribution in [1.29, 1.82) is 0 Å². The third-order valence-corrected chi connectivity index (χ3v) is 3.72. The van der Waals surface area contributed by atoms with E-state index in [4.69, 9.17) is 23.2 Å². The number of benzene rings is 1. The molecule has 0 aliphatic heterocycles. The van der Waals surface area contributed by atoms with E-state index in [0.717, 1.165) is 6.42 Å². The molecule has 1 aromatic carbocycles. The number of hydrogen-bond donors (Lipinski definition) is 0. The highest BCUT2D eigenvalue weighted by molar-refractivity contribution is 6.30. The molecule has 0 N–H and O–H groups in total. The molecule has 2 rings (SSSR count). The summed E-state index contributed by atoms with van der Waals surface area (Å²) in [5.74, 6) is 0.368. The molecule has 15 heavy (non-hydrogen) atoms. The molecule has 0 spiro atoms. The van der Waals surface area contributed by atoms with E-state index in [0.29, 0.717) is 17.9 Å². The van der Waals surface area contributed by atoms with Crippen molar-refractivity contribution in [2.24, 2.45) is 5.92 Å². The van der Waals surface area contributed by atoms with Crippen LogP contribution in [0.2, 0.25) is 5.02 Å². The Labute approximate surface area is 99.4 Å². The molecule has 0 saturated heterocycles. The fourth-order valence-electron chi connectivity index (χ4n) is 1.73. The Hall–Kier alpha value is -0.270. The van der Waals surface area contributed by atoms with Crippen LogP contribution in [-0.2, 0) is 6.42 Å². The van der Waals surface area contributed by atoms with E-state index in [1.165, 1.54) is 12.8 Å². The van der Waals surface area contributed by atoms with Gasteiger partial charge in [-0.15, -0.1) is 11.6 Å². The summed E-state index contributed by atoms with van der Waals surface area (Å²) in [7, 11) is 0. The van der Waals surface area contributed by atoms with E-state index >= 15 is 0 Å². The highest BCUT2D eigenvalue weighted by Crippen LogP contribution is 2.37. The largest absolute Gasteiger partial charge is 0.205 e. The molecule has 1 saturated carbocycles. The second-order valence-corrected chi connectivity index (χ2v) is 5.07. The fraction of sp³-hybridized carbons (Fsp3) is 0.500. The maximum Gasteiger partial charge on any atom is 0.144 e. The average molecular weight is 247 g/mol. The van der Waals surface area contributed by atoms with Crippen LogP contribution in [-0.4, -0.2) is 5.38 Å². The van der Waals surface area contributed by atoms with Gasteiger partial charge in [0.2, 0.25) is 0 Å². The Bertz CT molecular complexity index is 347. The Morgan fingerprint density at radius 2 is 2.13 bits per heavy atom. The van der Waals surface area contributed by atoms with E-state index in [1.54, 1.807) is 18.2 Å². The van der Waals surface area contributed by atoms with Crippen molar-refractivity contribution in [3.63, 3.8) is 0 Å². The summed E-state index contributed by atoms with van der Waals surface area (Å²) in [6.07, 6.45) is 3.97. The summed E-state index contributed by atoms with van der Waals surface area (Å²) in [5, 5.41) is 0.397. The van der Waals surface area contributed by atoms with Gasteiger partial charge in [0, 0.05) is 5.38 Å². The first-order chi connectivity index (χ1) is 7.18. The van der Waals surface area contributed by atoms with Crippen LogP contribution in [0, 0.1) is 11.7 Å². The molecule has 1 unspecified atom stereocenters. The first-order valence-corrected chi connectivity index (χ1v) is 6.07. The maximum atomic E-state index is 13.5. The Morgan fingerprint density at radius 3 is 2.80 bits per heavy atom. The van der Waals surface area contributed by atoms with Crippen molar-refractivity contribution < 1.29 is 4.39 Å². The van der Waals surface area contributed by atoms with Crippen molar-refractivity contribution in [2.45, 2.75) is 31.1 Å². The lowest BCUT2D eigenvalue weighted by Gasteiger charge is -2.08. The van der Waals surface area contributed by atoms with Crippen LogP contribution in [0.3, 0.4) is 0 Å². The quantitative estimate of drug-likeness (QED) is 0.690. The van der Waals surface area contributed by atoms with Crippen molar-refractivity contribution >= 4 is 23.2 Å². The second kappa shape index (κ2) is 4.71. The molecule has 0 heterocycles. The summed E-state index contributed by atoms with van der Waals surface area (Å²) < 4.78 is 13.5. The molecule has 1 aliphatic rings. The molecule has 3 heteroatoms. The standard InChI is InChI=1S/C12H13Cl2F/c13-10(8-4-5-8)7-6-9-2-1-3-11(14)12(9)15/h1-3,8,10H,4-7H2. The second-order valence-electron chi connectivity index (χ2n) is 4.11. The van der Waals surface area contributed by atoms with Crippen LogP contribution < -0.4 is 0 Å². The minimum absolute atomic E-state index is 0.198. The Kier molecular flexibility index (Phi) is 3.53. The zero-order valence-corrected chi connectivity index (χ0v) is 9.86. The molecule has 1 atom stereocenters. The molecule has 1 aliphatic carbocycles. The summed E-state index contributed by atoms with van der Waals surface area (Å²) in [4.78, 5) is 0. The third kappa shape index (κ3) is 2.85. The van der Waals surface area contributed by atoms with Gasteiger partial charge in [0.25, 0.3) is 0 Å². The summed E-state index contributed by atoms with van der Waals surface area (Å²) in [6.45, 7) is 0. The molecule has 0 bridgehead atoms. The monoisotopic (exact) mass is 246 g/mol. The van der Waals surface area contributed by atoms with Crippen molar-refractivity contribution in [3.8, 4) is 0 Å². The highest BCUT2D eigenvalue weighted by Gasteiger charge is 2.29. The molecule has 1 aromatic rings. The zero-order chi connectivity index (χ0) is 10.8. The lowest BCUT2D eigenvalue weighted by atomic mass is 10.1. The smallest absolute Gasteiger partial charge is 0.144 e. The molecule has 1 fully saturated rings. The van der Waals surface area contributed by atoms with E-state index < -0.39 is 0 Å².